The highest BCUT2D eigenvalue weighted by Crippen LogP contribution is 2.42. The van der Waals surface area contributed by atoms with Gasteiger partial charge in [-0.3, -0.25) is 9.88 Å². The molecule has 9 nitrogen and oxygen atoms in total. The number of aliphatic hydroxyl groups is 2. The molecule has 3 aliphatic heterocycles. The fourth-order valence-electron chi connectivity index (χ4n) is 8.02. The molecule has 244 valence electrons. The molecule has 5 heterocycles. The van der Waals surface area contributed by atoms with Crippen molar-refractivity contribution in [3.63, 3.8) is 0 Å². The van der Waals surface area contributed by atoms with Gasteiger partial charge in [-0.2, -0.15) is 9.97 Å². The number of alkyl halides is 1. The van der Waals surface area contributed by atoms with Crippen molar-refractivity contribution in [1.29, 1.82) is 0 Å². The fourth-order valence-corrected chi connectivity index (χ4v) is 8.02. The molecule has 3 N–H and O–H groups in total. The Balaban J connectivity index is 1.39. The number of aromatic nitrogens is 3. The molecule has 3 aliphatic rings. The van der Waals surface area contributed by atoms with Gasteiger partial charge in [-0.25, -0.2) is 13.2 Å². The van der Waals surface area contributed by atoms with Gasteiger partial charge in [0, 0.05) is 50.3 Å². The topological polar surface area (TPSA) is 115 Å². The SMILES string of the molecule is CCc1c(F)ccc2cc(O)cc(-c3ncc4c(N5C[C@H](CO)C[C@@](C)(O)C5)nc(OC[C@@]56CCCN5C[C@H](F)C6)nc4c3F)c12. The maximum absolute atomic E-state index is 16.8. The summed E-state index contributed by atoms with van der Waals surface area (Å²) in [6.07, 6.45) is 3.23. The van der Waals surface area contributed by atoms with Crippen LogP contribution in [-0.2, 0) is 6.42 Å². The predicted octanol–water partition coefficient (Wildman–Crippen LogP) is 4.92. The van der Waals surface area contributed by atoms with Crippen molar-refractivity contribution in [1.82, 2.24) is 19.9 Å². The Morgan fingerprint density at radius 3 is 2.74 bits per heavy atom. The first-order chi connectivity index (χ1) is 22.0. The molecule has 7 rings (SSSR count). The van der Waals surface area contributed by atoms with Gasteiger partial charge >= 0.3 is 6.01 Å². The third-order valence-corrected chi connectivity index (χ3v) is 9.93. The Morgan fingerprint density at radius 1 is 1.13 bits per heavy atom. The van der Waals surface area contributed by atoms with E-state index >= 15 is 4.39 Å². The number of aromatic hydroxyl groups is 1. The number of nitrogens with zero attached hydrogens (tertiary/aromatic N) is 5. The summed E-state index contributed by atoms with van der Waals surface area (Å²) in [6.45, 7) is 5.09. The Morgan fingerprint density at radius 2 is 1.96 bits per heavy atom. The van der Waals surface area contributed by atoms with Gasteiger partial charge in [-0.1, -0.05) is 13.0 Å². The second kappa shape index (κ2) is 11.5. The number of phenols is 1. The summed E-state index contributed by atoms with van der Waals surface area (Å²) in [7, 11) is 0. The largest absolute Gasteiger partial charge is 0.508 e. The molecule has 4 aromatic rings. The summed E-state index contributed by atoms with van der Waals surface area (Å²) >= 11 is 0. The number of anilines is 1. The lowest BCUT2D eigenvalue weighted by Crippen LogP contribution is -2.51. The minimum Gasteiger partial charge on any atom is -0.508 e. The smallest absolute Gasteiger partial charge is 0.319 e. The molecule has 0 radical (unpaired) electrons. The minimum atomic E-state index is -1.15. The van der Waals surface area contributed by atoms with Crippen LogP contribution in [-0.4, -0.2) is 91.9 Å². The standard InChI is InChI=1S/C34H38F3N5O4/c1-3-23-26(36)6-5-20-9-22(44)10-24(27(20)23)29-28(37)30-25(13-38-29)31(41-14-19(16-43)11-33(2,45)17-41)40-32(39-30)46-18-34-7-4-8-42(34)15-21(35)12-34/h5-6,9-10,13,19,21,43-45H,3-4,7-8,11-12,14-18H2,1-2H3/t19-,21-,33-,34+/m1/s1. The van der Waals surface area contributed by atoms with Crippen LogP contribution in [0.2, 0.25) is 0 Å². The lowest BCUT2D eigenvalue weighted by Gasteiger charge is -2.41. The van der Waals surface area contributed by atoms with E-state index in [1.54, 1.807) is 18.7 Å². The van der Waals surface area contributed by atoms with Crippen LogP contribution in [0.5, 0.6) is 11.8 Å². The Kier molecular flexibility index (Phi) is 7.72. The lowest BCUT2D eigenvalue weighted by atomic mass is 9.87. The molecule has 46 heavy (non-hydrogen) atoms. The van der Waals surface area contributed by atoms with Gasteiger partial charge in [0.05, 0.1) is 16.5 Å². The number of benzene rings is 2. The number of hydrogen-bond donors (Lipinski definition) is 3. The summed E-state index contributed by atoms with van der Waals surface area (Å²) in [5.74, 6) is -1.35. The number of aliphatic hydroxyl groups excluding tert-OH is 1. The molecule has 4 atom stereocenters. The van der Waals surface area contributed by atoms with Crippen LogP contribution in [0.4, 0.5) is 19.0 Å². The van der Waals surface area contributed by atoms with Crippen LogP contribution < -0.4 is 9.64 Å². The van der Waals surface area contributed by atoms with E-state index in [9.17, 15) is 24.1 Å². The van der Waals surface area contributed by atoms with Crippen molar-refractivity contribution in [2.75, 3.05) is 44.3 Å². The van der Waals surface area contributed by atoms with Gasteiger partial charge in [-0.15, -0.1) is 0 Å². The Bertz CT molecular complexity index is 1820. The van der Waals surface area contributed by atoms with Gasteiger partial charge in [0.25, 0.3) is 0 Å². The van der Waals surface area contributed by atoms with E-state index in [2.05, 4.69) is 19.9 Å². The molecular formula is C34H38F3N5O4. The Labute approximate surface area is 264 Å². The maximum atomic E-state index is 16.8. The molecular weight excluding hydrogens is 599 g/mol. The fraction of sp³-hybridized carbons (Fsp3) is 0.500. The highest BCUT2D eigenvalue weighted by atomic mass is 19.1. The van der Waals surface area contributed by atoms with Crippen molar-refractivity contribution in [3.8, 4) is 23.0 Å². The van der Waals surface area contributed by atoms with Crippen molar-refractivity contribution in [2.24, 2.45) is 5.92 Å². The number of phenolic OH excluding ortho intramolecular Hbond substituents is 1. The van der Waals surface area contributed by atoms with Crippen molar-refractivity contribution >= 4 is 27.5 Å². The second-order valence-electron chi connectivity index (χ2n) is 13.5. The highest BCUT2D eigenvalue weighted by molar-refractivity contribution is 6.01. The van der Waals surface area contributed by atoms with Gasteiger partial charge in [-0.05, 0) is 73.7 Å². The quantitative estimate of drug-likeness (QED) is 0.260. The van der Waals surface area contributed by atoms with E-state index in [0.717, 1.165) is 19.4 Å². The van der Waals surface area contributed by atoms with Gasteiger partial charge < -0.3 is 25.0 Å². The molecule has 0 saturated carbocycles. The summed E-state index contributed by atoms with van der Waals surface area (Å²) < 4.78 is 52.4. The van der Waals surface area contributed by atoms with E-state index < -0.39 is 28.9 Å². The summed E-state index contributed by atoms with van der Waals surface area (Å²) in [4.78, 5) is 17.6. The van der Waals surface area contributed by atoms with Gasteiger partial charge in [0.15, 0.2) is 5.82 Å². The van der Waals surface area contributed by atoms with E-state index in [1.807, 2.05) is 0 Å². The molecule has 0 spiro atoms. The molecule has 2 aromatic carbocycles. The number of hydrogen-bond acceptors (Lipinski definition) is 9. The number of fused-ring (bicyclic) bond motifs is 3. The van der Waals surface area contributed by atoms with Crippen LogP contribution in [0, 0.1) is 17.6 Å². The average Bonchev–Trinajstić information content (AvgIpc) is 3.54. The number of pyridine rings is 1. The summed E-state index contributed by atoms with van der Waals surface area (Å²) in [5, 5.41) is 32.9. The molecule has 0 aliphatic carbocycles. The molecule has 0 amide bonds. The Hall–Kier alpha value is -3.74. The monoisotopic (exact) mass is 637 g/mol. The first-order valence-corrected chi connectivity index (χ1v) is 15.9. The first kappa shape index (κ1) is 30.9. The second-order valence-corrected chi connectivity index (χ2v) is 13.5. The molecule has 12 heteroatoms. The third-order valence-electron chi connectivity index (χ3n) is 9.93. The van der Waals surface area contributed by atoms with E-state index in [-0.39, 0.29) is 65.4 Å². The number of rotatable bonds is 7. The van der Waals surface area contributed by atoms with Crippen LogP contribution in [0.25, 0.3) is 32.9 Å². The molecule has 3 fully saturated rings. The third kappa shape index (κ3) is 5.29. The molecule has 0 unspecified atom stereocenters. The van der Waals surface area contributed by atoms with E-state index in [0.29, 0.717) is 48.7 Å². The number of β-amino-alcohol motifs (C(OH)–C–C–N with tert-alkyl or cyclic N) is 1. The maximum Gasteiger partial charge on any atom is 0.319 e. The van der Waals surface area contributed by atoms with Gasteiger partial charge in [0.1, 0.15) is 41.4 Å². The van der Waals surface area contributed by atoms with Crippen LogP contribution in [0.15, 0.2) is 30.5 Å². The summed E-state index contributed by atoms with van der Waals surface area (Å²) in [6, 6.07) is 5.63. The minimum absolute atomic E-state index is 0.0997. The van der Waals surface area contributed by atoms with E-state index in [1.165, 1.54) is 30.5 Å². The first-order valence-electron chi connectivity index (χ1n) is 15.9. The zero-order chi connectivity index (χ0) is 32.4. The molecule has 3 saturated heterocycles. The van der Waals surface area contributed by atoms with Crippen LogP contribution in [0.1, 0.15) is 45.1 Å². The van der Waals surface area contributed by atoms with E-state index in [4.69, 9.17) is 4.74 Å². The number of halogens is 3. The van der Waals surface area contributed by atoms with Crippen molar-refractivity contribution in [3.05, 3.63) is 47.7 Å². The number of ether oxygens (including phenoxy) is 1. The lowest BCUT2D eigenvalue weighted by molar-refractivity contribution is 0.0129. The van der Waals surface area contributed by atoms with Crippen molar-refractivity contribution in [2.45, 2.75) is 63.3 Å². The highest BCUT2D eigenvalue weighted by Gasteiger charge is 2.49. The normalized spacial score (nSPS) is 26.7. The average molecular weight is 638 g/mol. The number of piperidine rings is 1. The zero-order valence-electron chi connectivity index (χ0n) is 25.9. The molecule has 2 aromatic heterocycles. The zero-order valence-corrected chi connectivity index (χ0v) is 25.9. The van der Waals surface area contributed by atoms with Crippen LogP contribution >= 0.6 is 0 Å². The van der Waals surface area contributed by atoms with Crippen LogP contribution in [0.3, 0.4) is 0 Å². The predicted molar refractivity (Wildman–Crippen MR) is 168 cm³/mol. The van der Waals surface area contributed by atoms with Crippen molar-refractivity contribution < 1.29 is 33.2 Å². The van der Waals surface area contributed by atoms with Gasteiger partial charge in [0.2, 0.25) is 0 Å². The summed E-state index contributed by atoms with van der Waals surface area (Å²) in [5.41, 5.74) is -1.28. The molecule has 0 bridgehead atoms. The number of aryl methyl sites for hydroxylation is 1.